The van der Waals surface area contributed by atoms with Crippen LogP contribution in [0.3, 0.4) is 0 Å². The van der Waals surface area contributed by atoms with Gasteiger partial charge in [-0.2, -0.15) is 0 Å². The molecule has 2 atom stereocenters. The van der Waals surface area contributed by atoms with Crippen molar-refractivity contribution in [2.45, 2.75) is 25.9 Å². The van der Waals surface area contributed by atoms with E-state index in [1.165, 1.54) is 0 Å². The first-order chi connectivity index (χ1) is 7.95. The van der Waals surface area contributed by atoms with Gasteiger partial charge < -0.3 is 15.8 Å². The van der Waals surface area contributed by atoms with Crippen molar-refractivity contribution in [3.05, 3.63) is 28.2 Å². The predicted molar refractivity (Wildman–Crippen MR) is 78.1 cm³/mol. The number of ether oxygens (including phenoxy) is 1. The Morgan fingerprint density at radius 1 is 1.44 bits per heavy atom. The quantitative estimate of drug-likeness (QED) is 0.887. The Labute approximate surface area is 122 Å². The molecule has 1 amide bonds. The van der Waals surface area contributed by atoms with Gasteiger partial charge in [0.1, 0.15) is 5.75 Å². The molecule has 1 aromatic rings. The van der Waals surface area contributed by atoms with Crippen molar-refractivity contribution in [1.29, 1.82) is 0 Å². The maximum absolute atomic E-state index is 11.5. The molecule has 1 rings (SSSR count). The molecule has 6 heteroatoms. The van der Waals surface area contributed by atoms with Gasteiger partial charge in [0.15, 0.2) is 0 Å². The Morgan fingerprint density at radius 3 is 2.50 bits per heavy atom. The predicted octanol–water partition coefficient (Wildman–Crippen LogP) is 2.40. The fourth-order valence-electron chi connectivity index (χ4n) is 1.38. The SMILES string of the molecule is COc1ccc(C(C)NC(=O)C(C)N)cc1Br.Cl. The lowest BCUT2D eigenvalue weighted by atomic mass is 10.1. The minimum Gasteiger partial charge on any atom is -0.496 e. The number of nitrogens with one attached hydrogen (secondary N) is 1. The van der Waals surface area contributed by atoms with Gasteiger partial charge in [0.2, 0.25) is 5.91 Å². The van der Waals surface area contributed by atoms with Crippen LogP contribution >= 0.6 is 28.3 Å². The van der Waals surface area contributed by atoms with Gasteiger partial charge in [-0.1, -0.05) is 6.07 Å². The van der Waals surface area contributed by atoms with Gasteiger partial charge in [-0.3, -0.25) is 4.79 Å². The van der Waals surface area contributed by atoms with Crippen LogP contribution in [0.4, 0.5) is 0 Å². The van der Waals surface area contributed by atoms with E-state index in [1.54, 1.807) is 14.0 Å². The molecule has 18 heavy (non-hydrogen) atoms. The fourth-order valence-corrected chi connectivity index (χ4v) is 1.94. The molecule has 102 valence electrons. The van der Waals surface area contributed by atoms with E-state index in [2.05, 4.69) is 21.2 Å². The average molecular weight is 338 g/mol. The number of carbonyl (C=O) groups excluding carboxylic acids is 1. The number of halogens is 2. The van der Waals surface area contributed by atoms with Crippen LogP contribution in [0.5, 0.6) is 5.75 Å². The lowest BCUT2D eigenvalue weighted by Crippen LogP contribution is -2.39. The summed E-state index contributed by atoms with van der Waals surface area (Å²) in [4.78, 5) is 11.5. The second kappa shape index (κ2) is 7.61. The monoisotopic (exact) mass is 336 g/mol. The highest BCUT2D eigenvalue weighted by Crippen LogP contribution is 2.27. The molecular weight excluding hydrogens is 320 g/mol. The Kier molecular flexibility index (Phi) is 7.28. The molecule has 0 radical (unpaired) electrons. The fraction of sp³-hybridized carbons (Fsp3) is 0.417. The van der Waals surface area contributed by atoms with Crippen molar-refractivity contribution in [1.82, 2.24) is 5.32 Å². The Balaban J connectivity index is 0.00000289. The van der Waals surface area contributed by atoms with Crippen molar-refractivity contribution in [3.8, 4) is 5.75 Å². The molecule has 2 unspecified atom stereocenters. The number of hydrogen-bond donors (Lipinski definition) is 2. The lowest BCUT2D eigenvalue weighted by molar-refractivity contribution is -0.122. The van der Waals surface area contributed by atoms with Crippen LogP contribution < -0.4 is 15.8 Å². The van der Waals surface area contributed by atoms with Crippen molar-refractivity contribution in [2.75, 3.05) is 7.11 Å². The van der Waals surface area contributed by atoms with Crippen molar-refractivity contribution < 1.29 is 9.53 Å². The molecular formula is C12H18BrClN2O2. The zero-order valence-electron chi connectivity index (χ0n) is 10.6. The Hall–Kier alpha value is -0.780. The van der Waals surface area contributed by atoms with Gasteiger partial charge in [-0.15, -0.1) is 12.4 Å². The van der Waals surface area contributed by atoms with Gasteiger partial charge in [-0.05, 0) is 47.5 Å². The molecule has 0 saturated heterocycles. The van der Waals surface area contributed by atoms with E-state index in [1.807, 2.05) is 25.1 Å². The average Bonchev–Trinajstić information content (AvgIpc) is 2.28. The Bertz CT molecular complexity index is 413. The molecule has 4 nitrogen and oxygen atoms in total. The van der Waals surface area contributed by atoms with Gasteiger partial charge >= 0.3 is 0 Å². The summed E-state index contributed by atoms with van der Waals surface area (Å²) in [6.45, 7) is 3.57. The number of methoxy groups -OCH3 is 1. The third-order valence-electron chi connectivity index (χ3n) is 2.45. The second-order valence-electron chi connectivity index (χ2n) is 3.91. The zero-order chi connectivity index (χ0) is 13.0. The summed E-state index contributed by atoms with van der Waals surface area (Å²) in [6, 6.07) is 5.10. The van der Waals surface area contributed by atoms with Gasteiger partial charge in [0.05, 0.1) is 23.7 Å². The van der Waals surface area contributed by atoms with E-state index in [0.717, 1.165) is 15.8 Å². The van der Waals surface area contributed by atoms with Crippen LogP contribution in [0.15, 0.2) is 22.7 Å². The summed E-state index contributed by atoms with van der Waals surface area (Å²) in [6.07, 6.45) is 0. The highest BCUT2D eigenvalue weighted by Gasteiger charge is 2.13. The summed E-state index contributed by atoms with van der Waals surface area (Å²) in [5, 5.41) is 2.83. The zero-order valence-corrected chi connectivity index (χ0v) is 13.0. The maximum atomic E-state index is 11.5. The van der Waals surface area contributed by atoms with E-state index in [4.69, 9.17) is 10.5 Å². The smallest absolute Gasteiger partial charge is 0.237 e. The Morgan fingerprint density at radius 2 is 2.06 bits per heavy atom. The molecule has 0 saturated carbocycles. The molecule has 1 aromatic carbocycles. The number of nitrogens with two attached hydrogens (primary N) is 1. The standard InChI is InChI=1S/C12H17BrN2O2.ClH/c1-7(14)12(16)15-8(2)9-4-5-11(17-3)10(13)6-9;/h4-8H,14H2,1-3H3,(H,15,16);1H. The second-order valence-corrected chi connectivity index (χ2v) is 4.77. The summed E-state index contributed by atoms with van der Waals surface area (Å²) in [7, 11) is 1.61. The summed E-state index contributed by atoms with van der Waals surface area (Å²) >= 11 is 3.41. The molecule has 0 aromatic heterocycles. The highest BCUT2D eigenvalue weighted by atomic mass is 79.9. The van der Waals surface area contributed by atoms with Crippen LogP contribution in [0.2, 0.25) is 0 Å². The topological polar surface area (TPSA) is 64.3 Å². The minimum absolute atomic E-state index is 0. The van der Waals surface area contributed by atoms with Crippen molar-refractivity contribution in [2.24, 2.45) is 5.73 Å². The highest BCUT2D eigenvalue weighted by molar-refractivity contribution is 9.10. The third kappa shape index (κ3) is 4.48. The van der Waals surface area contributed by atoms with Crippen molar-refractivity contribution >= 4 is 34.2 Å². The van der Waals surface area contributed by atoms with E-state index in [0.29, 0.717) is 0 Å². The third-order valence-corrected chi connectivity index (χ3v) is 3.07. The van der Waals surface area contributed by atoms with Crippen LogP contribution in [-0.4, -0.2) is 19.1 Å². The summed E-state index contributed by atoms with van der Waals surface area (Å²) < 4.78 is 6.01. The molecule has 0 aliphatic heterocycles. The van der Waals surface area contributed by atoms with Crippen LogP contribution in [0, 0.1) is 0 Å². The molecule has 0 spiro atoms. The van der Waals surface area contributed by atoms with Gasteiger partial charge in [0, 0.05) is 0 Å². The number of hydrogen-bond acceptors (Lipinski definition) is 3. The first-order valence-electron chi connectivity index (χ1n) is 5.35. The molecule has 3 N–H and O–H groups in total. The number of rotatable bonds is 4. The molecule has 0 bridgehead atoms. The maximum Gasteiger partial charge on any atom is 0.237 e. The van der Waals surface area contributed by atoms with Crippen LogP contribution in [-0.2, 0) is 4.79 Å². The van der Waals surface area contributed by atoms with E-state index in [-0.39, 0.29) is 24.4 Å². The number of amides is 1. The largest absolute Gasteiger partial charge is 0.496 e. The first kappa shape index (κ1) is 17.2. The van der Waals surface area contributed by atoms with Crippen LogP contribution in [0.1, 0.15) is 25.5 Å². The van der Waals surface area contributed by atoms with E-state index >= 15 is 0 Å². The van der Waals surface area contributed by atoms with E-state index < -0.39 is 6.04 Å². The molecule has 0 aliphatic rings. The molecule has 0 heterocycles. The van der Waals surface area contributed by atoms with Gasteiger partial charge in [0.25, 0.3) is 0 Å². The van der Waals surface area contributed by atoms with Crippen molar-refractivity contribution in [3.63, 3.8) is 0 Å². The van der Waals surface area contributed by atoms with E-state index in [9.17, 15) is 4.79 Å². The normalized spacial score (nSPS) is 13.2. The first-order valence-corrected chi connectivity index (χ1v) is 6.14. The number of benzene rings is 1. The summed E-state index contributed by atoms with van der Waals surface area (Å²) in [5.74, 6) is 0.601. The molecule has 0 aliphatic carbocycles. The summed E-state index contributed by atoms with van der Waals surface area (Å²) in [5.41, 5.74) is 6.49. The molecule has 0 fully saturated rings. The van der Waals surface area contributed by atoms with Crippen LogP contribution in [0.25, 0.3) is 0 Å². The van der Waals surface area contributed by atoms with Gasteiger partial charge in [-0.25, -0.2) is 0 Å². The number of carbonyl (C=O) groups is 1. The minimum atomic E-state index is -0.501. The lowest BCUT2D eigenvalue weighted by Gasteiger charge is -2.17.